The standard InChI is InChI=1S/C22H28N4O2/c1-18(22(19-5-3-2-4-6-19)26-13-15-28-16-14-26)24-9-11-25(12-10-24)21-8-7-20(27)17-23-21/h2-8,17,22,27H,1,9-16H2. The lowest BCUT2D eigenvalue weighted by Gasteiger charge is -2.43. The van der Waals surface area contributed by atoms with E-state index < -0.39 is 0 Å². The van der Waals surface area contributed by atoms with Crippen molar-refractivity contribution in [3.05, 3.63) is 66.5 Å². The van der Waals surface area contributed by atoms with Gasteiger partial charge in [-0.1, -0.05) is 36.9 Å². The monoisotopic (exact) mass is 380 g/mol. The minimum Gasteiger partial charge on any atom is -0.506 e. The van der Waals surface area contributed by atoms with Gasteiger partial charge in [-0.25, -0.2) is 4.98 Å². The smallest absolute Gasteiger partial charge is 0.134 e. The molecule has 1 aromatic carbocycles. The van der Waals surface area contributed by atoms with Gasteiger partial charge in [-0.05, 0) is 17.7 Å². The Hall–Kier alpha value is -2.57. The highest BCUT2D eigenvalue weighted by Gasteiger charge is 2.29. The molecule has 28 heavy (non-hydrogen) atoms. The summed E-state index contributed by atoms with van der Waals surface area (Å²) in [5.74, 6) is 1.11. The number of morpholine rings is 1. The number of pyridine rings is 1. The summed E-state index contributed by atoms with van der Waals surface area (Å²) in [6.07, 6.45) is 1.50. The summed E-state index contributed by atoms with van der Waals surface area (Å²) in [6, 6.07) is 14.4. The van der Waals surface area contributed by atoms with E-state index in [1.807, 2.05) is 6.07 Å². The van der Waals surface area contributed by atoms with Gasteiger partial charge in [0.25, 0.3) is 0 Å². The number of benzene rings is 1. The molecule has 0 bridgehead atoms. The van der Waals surface area contributed by atoms with Gasteiger partial charge in [0.15, 0.2) is 0 Å². The third-order valence-corrected chi connectivity index (χ3v) is 5.58. The molecule has 1 atom stereocenters. The van der Waals surface area contributed by atoms with Crippen LogP contribution in [0, 0.1) is 0 Å². The SMILES string of the molecule is C=C(C(c1ccccc1)N1CCOCC1)N1CCN(c2ccc(O)cn2)CC1. The molecule has 0 amide bonds. The number of hydrogen-bond donors (Lipinski definition) is 1. The fraction of sp³-hybridized carbons (Fsp3) is 0.409. The molecule has 4 rings (SSSR count). The Balaban J connectivity index is 1.46. The first kappa shape index (κ1) is 18.8. The van der Waals surface area contributed by atoms with Crippen LogP contribution < -0.4 is 4.90 Å². The van der Waals surface area contributed by atoms with E-state index in [1.165, 1.54) is 11.8 Å². The van der Waals surface area contributed by atoms with Gasteiger partial charge in [0.05, 0.1) is 25.5 Å². The lowest BCUT2D eigenvalue weighted by Crippen LogP contribution is -2.49. The van der Waals surface area contributed by atoms with Gasteiger partial charge in [-0.3, -0.25) is 4.90 Å². The van der Waals surface area contributed by atoms with E-state index in [2.05, 4.69) is 56.6 Å². The molecule has 0 saturated carbocycles. The second kappa shape index (κ2) is 8.63. The zero-order chi connectivity index (χ0) is 19.3. The van der Waals surface area contributed by atoms with Crippen LogP contribution >= 0.6 is 0 Å². The number of rotatable bonds is 5. The summed E-state index contributed by atoms with van der Waals surface area (Å²) in [5, 5.41) is 9.45. The van der Waals surface area contributed by atoms with Crippen LogP contribution in [0.1, 0.15) is 11.6 Å². The van der Waals surface area contributed by atoms with Gasteiger partial charge in [-0.15, -0.1) is 0 Å². The first-order valence-electron chi connectivity index (χ1n) is 9.93. The van der Waals surface area contributed by atoms with Crippen molar-refractivity contribution < 1.29 is 9.84 Å². The molecule has 2 aliphatic heterocycles. The second-order valence-corrected chi connectivity index (χ2v) is 7.30. The van der Waals surface area contributed by atoms with Gasteiger partial charge in [-0.2, -0.15) is 0 Å². The van der Waals surface area contributed by atoms with E-state index in [4.69, 9.17) is 4.74 Å². The molecule has 148 valence electrons. The maximum atomic E-state index is 9.45. The molecule has 6 heteroatoms. The lowest BCUT2D eigenvalue weighted by atomic mass is 10.0. The second-order valence-electron chi connectivity index (χ2n) is 7.30. The first-order valence-corrected chi connectivity index (χ1v) is 9.93. The molecule has 0 aliphatic carbocycles. The van der Waals surface area contributed by atoms with Crippen LogP contribution in [0.15, 0.2) is 60.9 Å². The van der Waals surface area contributed by atoms with Crippen molar-refractivity contribution >= 4 is 5.82 Å². The van der Waals surface area contributed by atoms with Crippen LogP contribution in [0.4, 0.5) is 5.82 Å². The summed E-state index contributed by atoms with van der Waals surface area (Å²) >= 11 is 0. The number of nitrogens with zero attached hydrogens (tertiary/aromatic N) is 4. The van der Waals surface area contributed by atoms with Crippen molar-refractivity contribution in [3.8, 4) is 5.75 Å². The Morgan fingerprint density at radius 2 is 1.68 bits per heavy atom. The highest BCUT2D eigenvalue weighted by Crippen LogP contribution is 2.31. The van der Waals surface area contributed by atoms with Gasteiger partial charge in [0.1, 0.15) is 11.6 Å². The van der Waals surface area contributed by atoms with Crippen LogP contribution in [0.2, 0.25) is 0 Å². The predicted molar refractivity (Wildman–Crippen MR) is 110 cm³/mol. The summed E-state index contributed by atoms with van der Waals surface area (Å²) in [6.45, 7) is 11.5. The number of aromatic hydroxyl groups is 1. The summed E-state index contributed by atoms with van der Waals surface area (Å²) in [5.41, 5.74) is 2.45. The number of ether oxygens (including phenoxy) is 1. The summed E-state index contributed by atoms with van der Waals surface area (Å²) < 4.78 is 5.57. The van der Waals surface area contributed by atoms with Crippen molar-refractivity contribution in [2.24, 2.45) is 0 Å². The van der Waals surface area contributed by atoms with Crippen LogP contribution in [0.5, 0.6) is 5.75 Å². The molecular weight excluding hydrogens is 352 g/mol. The van der Waals surface area contributed by atoms with Crippen LogP contribution in [-0.4, -0.2) is 72.4 Å². The Kier molecular flexibility index (Phi) is 5.78. The molecule has 2 fully saturated rings. The topological polar surface area (TPSA) is 52.1 Å². The third-order valence-electron chi connectivity index (χ3n) is 5.58. The molecule has 1 N–H and O–H groups in total. The fourth-order valence-corrected chi connectivity index (χ4v) is 4.05. The first-order chi connectivity index (χ1) is 13.7. The quantitative estimate of drug-likeness (QED) is 0.860. The maximum Gasteiger partial charge on any atom is 0.134 e. The van der Waals surface area contributed by atoms with Crippen molar-refractivity contribution in [3.63, 3.8) is 0 Å². The average Bonchev–Trinajstić information content (AvgIpc) is 2.76. The van der Waals surface area contributed by atoms with E-state index in [0.29, 0.717) is 0 Å². The average molecular weight is 380 g/mol. The maximum absolute atomic E-state index is 9.45. The van der Waals surface area contributed by atoms with Gasteiger partial charge in [0, 0.05) is 45.0 Å². The zero-order valence-corrected chi connectivity index (χ0v) is 16.2. The summed E-state index contributed by atoms with van der Waals surface area (Å²) in [7, 11) is 0. The highest BCUT2D eigenvalue weighted by atomic mass is 16.5. The molecule has 0 spiro atoms. The number of piperazine rings is 1. The van der Waals surface area contributed by atoms with Crippen LogP contribution in [-0.2, 0) is 4.74 Å². The van der Waals surface area contributed by atoms with Crippen molar-refractivity contribution in [1.29, 1.82) is 0 Å². The normalized spacial score (nSPS) is 19.4. The zero-order valence-electron chi connectivity index (χ0n) is 16.2. The van der Waals surface area contributed by atoms with Crippen molar-refractivity contribution in [2.75, 3.05) is 57.4 Å². The molecule has 2 saturated heterocycles. The third kappa shape index (κ3) is 4.13. The van der Waals surface area contributed by atoms with Crippen LogP contribution in [0.25, 0.3) is 0 Å². The van der Waals surface area contributed by atoms with Gasteiger partial charge < -0.3 is 19.6 Å². The Morgan fingerprint density at radius 1 is 0.964 bits per heavy atom. The largest absolute Gasteiger partial charge is 0.506 e. The van der Waals surface area contributed by atoms with Crippen LogP contribution in [0.3, 0.4) is 0 Å². The lowest BCUT2D eigenvalue weighted by molar-refractivity contribution is 0.0176. The number of anilines is 1. The molecular formula is C22H28N4O2. The number of hydrogen-bond acceptors (Lipinski definition) is 6. The molecule has 0 radical (unpaired) electrons. The van der Waals surface area contributed by atoms with E-state index in [-0.39, 0.29) is 11.8 Å². The molecule has 1 unspecified atom stereocenters. The Morgan fingerprint density at radius 3 is 2.32 bits per heavy atom. The Labute approximate surface area is 166 Å². The fourth-order valence-electron chi connectivity index (χ4n) is 4.05. The van der Waals surface area contributed by atoms with E-state index in [1.54, 1.807) is 6.07 Å². The molecule has 6 nitrogen and oxygen atoms in total. The molecule has 1 aromatic heterocycles. The van der Waals surface area contributed by atoms with Gasteiger partial charge in [0.2, 0.25) is 0 Å². The Bertz CT molecular complexity index is 767. The number of aromatic nitrogens is 1. The predicted octanol–water partition coefficient (Wildman–Crippen LogP) is 2.50. The van der Waals surface area contributed by atoms with E-state index in [0.717, 1.165) is 64.0 Å². The minimum absolute atomic E-state index is 0.184. The van der Waals surface area contributed by atoms with Crippen molar-refractivity contribution in [2.45, 2.75) is 6.04 Å². The van der Waals surface area contributed by atoms with E-state index >= 15 is 0 Å². The highest BCUT2D eigenvalue weighted by molar-refractivity contribution is 5.41. The molecule has 3 heterocycles. The summed E-state index contributed by atoms with van der Waals surface area (Å²) in [4.78, 5) is 11.5. The molecule has 2 aliphatic rings. The minimum atomic E-state index is 0.184. The molecule has 2 aromatic rings. The van der Waals surface area contributed by atoms with E-state index in [9.17, 15) is 5.11 Å². The van der Waals surface area contributed by atoms with Gasteiger partial charge >= 0.3 is 0 Å². The van der Waals surface area contributed by atoms with Crippen molar-refractivity contribution in [1.82, 2.24) is 14.8 Å².